The molecule has 2 aromatic carbocycles. The number of hydrogen-bond donors (Lipinski definition) is 1. The Morgan fingerprint density at radius 1 is 1.12 bits per heavy atom. The number of aryl methyl sites for hydroxylation is 1. The number of carbonyl (C=O) groups is 1. The fourth-order valence-electron chi connectivity index (χ4n) is 4.67. The van der Waals surface area contributed by atoms with Crippen LogP contribution in [-0.4, -0.2) is 30.7 Å². The lowest BCUT2D eigenvalue weighted by Gasteiger charge is -2.27. The summed E-state index contributed by atoms with van der Waals surface area (Å²) in [5.41, 5.74) is 3.79. The minimum absolute atomic E-state index is 0.00123. The number of allylic oxidation sites excluding steroid dienone is 2. The van der Waals surface area contributed by atoms with Gasteiger partial charge in [0.05, 0.1) is 23.3 Å². The molecule has 10 heteroatoms. The Balaban J connectivity index is 1.68. The molecule has 0 aliphatic carbocycles. The smallest absolute Gasteiger partial charge is 0.264 e. The standard InChI is InChI=1S/C30H35ClN4O4S/c1-3-5-6-10-30(36)33-40(37,38)27-13-14-29-28(18-27)34(20-23-19-32-35(21-23)15-4-2)16-8-7-9-24-17-26(31)12-11-25(24)22-39-29/h3-4,11-14,17-19,21H,1-2,5-10,15-16,20,22H2,(H,33,36). The van der Waals surface area contributed by atoms with E-state index in [9.17, 15) is 13.2 Å². The van der Waals surface area contributed by atoms with Crippen LogP contribution in [0.15, 0.2) is 79.0 Å². The van der Waals surface area contributed by atoms with Gasteiger partial charge < -0.3 is 9.64 Å². The first-order valence-electron chi connectivity index (χ1n) is 13.4. The van der Waals surface area contributed by atoms with E-state index in [1.165, 1.54) is 6.07 Å². The molecule has 0 saturated heterocycles. The Morgan fingerprint density at radius 2 is 1.98 bits per heavy atom. The third-order valence-electron chi connectivity index (χ3n) is 6.69. The Bertz CT molecular complexity index is 1470. The fourth-order valence-corrected chi connectivity index (χ4v) is 5.90. The van der Waals surface area contributed by atoms with Gasteiger partial charge in [-0.05, 0) is 73.6 Å². The molecular weight excluding hydrogens is 548 g/mol. The van der Waals surface area contributed by atoms with Crippen LogP contribution in [0.5, 0.6) is 5.75 Å². The van der Waals surface area contributed by atoms with Crippen molar-refractivity contribution >= 4 is 33.2 Å². The fraction of sp³-hybridized carbons (Fsp3) is 0.333. The number of nitrogens with one attached hydrogen (secondary N) is 1. The Labute approximate surface area is 241 Å². The molecule has 0 saturated carbocycles. The van der Waals surface area contributed by atoms with Gasteiger partial charge in [0, 0.05) is 36.3 Å². The molecule has 1 amide bonds. The zero-order valence-electron chi connectivity index (χ0n) is 22.5. The second kappa shape index (κ2) is 13.7. The van der Waals surface area contributed by atoms with Crippen LogP contribution in [0.25, 0.3) is 0 Å². The molecule has 212 valence electrons. The molecule has 3 aromatic rings. The highest BCUT2D eigenvalue weighted by Gasteiger charge is 2.23. The van der Waals surface area contributed by atoms with Crippen LogP contribution in [0.3, 0.4) is 0 Å². The lowest BCUT2D eigenvalue weighted by molar-refractivity contribution is -0.119. The molecule has 0 unspecified atom stereocenters. The van der Waals surface area contributed by atoms with Crippen LogP contribution >= 0.6 is 11.6 Å². The van der Waals surface area contributed by atoms with E-state index in [-0.39, 0.29) is 11.3 Å². The van der Waals surface area contributed by atoms with Crippen molar-refractivity contribution in [3.05, 3.63) is 95.8 Å². The molecule has 8 nitrogen and oxygen atoms in total. The van der Waals surface area contributed by atoms with Crippen molar-refractivity contribution in [1.29, 1.82) is 0 Å². The third-order valence-corrected chi connectivity index (χ3v) is 8.30. The highest BCUT2D eigenvalue weighted by atomic mass is 35.5. The molecular formula is C30H35ClN4O4S. The van der Waals surface area contributed by atoms with Gasteiger partial charge >= 0.3 is 0 Å². The summed E-state index contributed by atoms with van der Waals surface area (Å²) < 4.78 is 36.7. The van der Waals surface area contributed by atoms with Gasteiger partial charge in [-0.15, -0.1) is 13.2 Å². The molecule has 1 N–H and O–H groups in total. The average Bonchev–Trinajstić information content (AvgIpc) is 3.35. The first kappa shape index (κ1) is 29.4. The van der Waals surface area contributed by atoms with Gasteiger partial charge in [-0.2, -0.15) is 5.10 Å². The van der Waals surface area contributed by atoms with Crippen molar-refractivity contribution in [2.45, 2.75) is 63.1 Å². The molecule has 0 radical (unpaired) electrons. The Morgan fingerprint density at radius 3 is 2.77 bits per heavy atom. The van der Waals surface area contributed by atoms with E-state index in [0.29, 0.717) is 55.5 Å². The lowest BCUT2D eigenvalue weighted by Crippen LogP contribution is -2.31. The topological polar surface area (TPSA) is 93.5 Å². The third kappa shape index (κ3) is 7.76. The number of rotatable bonds is 10. The van der Waals surface area contributed by atoms with Crippen molar-refractivity contribution in [2.24, 2.45) is 0 Å². The average molecular weight is 583 g/mol. The predicted molar refractivity (Wildman–Crippen MR) is 158 cm³/mol. The number of anilines is 1. The molecule has 0 atom stereocenters. The van der Waals surface area contributed by atoms with Gasteiger partial charge in [0.15, 0.2) is 0 Å². The highest BCUT2D eigenvalue weighted by Crippen LogP contribution is 2.34. The number of ether oxygens (including phenoxy) is 1. The van der Waals surface area contributed by atoms with Gasteiger partial charge in [-0.3, -0.25) is 9.48 Å². The first-order chi connectivity index (χ1) is 19.3. The van der Waals surface area contributed by atoms with Crippen LogP contribution in [0.4, 0.5) is 5.69 Å². The summed E-state index contributed by atoms with van der Waals surface area (Å²) in [6, 6.07) is 10.5. The van der Waals surface area contributed by atoms with Crippen LogP contribution < -0.4 is 14.4 Å². The summed E-state index contributed by atoms with van der Waals surface area (Å²) in [5.74, 6) is 0.00826. The second-order valence-electron chi connectivity index (χ2n) is 9.78. The summed E-state index contributed by atoms with van der Waals surface area (Å²) in [6.07, 6.45) is 11.2. The quantitative estimate of drug-likeness (QED) is 0.240. The van der Waals surface area contributed by atoms with E-state index in [1.807, 2.05) is 24.4 Å². The van der Waals surface area contributed by atoms with Gasteiger partial charge in [0.1, 0.15) is 12.4 Å². The van der Waals surface area contributed by atoms with E-state index in [2.05, 4.69) is 27.9 Å². The molecule has 0 bridgehead atoms. The molecule has 40 heavy (non-hydrogen) atoms. The number of halogens is 1. The van der Waals surface area contributed by atoms with Crippen molar-refractivity contribution < 1.29 is 17.9 Å². The van der Waals surface area contributed by atoms with E-state index in [4.69, 9.17) is 16.3 Å². The zero-order chi connectivity index (χ0) is 28.5. The Kier molecular flexibility index (Phi) is 10.1. The number of hydrogen-bond acceptors (Lipinski definition) is 6. The Hall–Kier alpha value is -3.56. The number of aromatic nitrogens is 2. The summed E-state index contributed by atoms with van der Waals surface area (Å²) in [4.78, 5) is 14.4. The second-order valence-corrected chi connectivity index (χ2v) is 11.9. The number of carbonyl (C=O) groups excluding carboxylic acids is 1. The normalized spacial score (nSPS) is 13.8. The van der Waals surface area contributed by atoms with Crippen molar-refractivity contribution in [1.82, 2.24) is 14.5 Å². The molecule has 0 spiro atoms. The van der Waals surface area contributed by atoms with Crippen molar-refractivity contribution in [3.8, 4) is 5.75 Å². The molecule has 1 aliphatic heterocycles. The minimum atomic E-state index is -4.08. The van der Waals surface area contributed by atoms with Gasteiger partial charge in [-0.25, -0.2) is 13.1 Å². The van der Waals surface area contributed by atoms with Gasteiger partial charge in [-0.1, -0.05) is 29.8 Å². The molecule has 0 fully saturated rings. The van der Waals surface area contributed by atoms with Crippen molar-refractivity contribution in [3.63, 3.8) is 0 Å². The van der Waals surface area contributed by atoms with Crippen LogP contribution in [0, 0.1) is 0 Å². The van der Waals surface area contributed by atoms with Crippen LogP contribution in [0.2, 0.25) is 5.02 Å². The van der Waals surface area contributed by atoms with Crippen LogP contribution in [0.1, 0.15) is 48.8 Å². The number of fused-ring (bicyclic) bond motifs is 2. The number of sulfonamides is 1. The minimum Gasteiger partial charge on any atom is -0.487 e. The number of unbranched alkanes of at least 4 members (excludes halogenated alkanes) is 1. The van der Waals surface area contributed by atoms with E-state index >= 15 is 0 Å². The van der Waals surface area contributed by atoms with Gasteiger partial charge in [0.2, 0.25) is 5.91 Å². The zero-order valence-corrected chi connectivity index (χ0v) is 24.1. The largest absolute Gasteiger partial charge is 0.487 e. The molecule has 4 rings (SSSR count). The summed E-state index contributed by atoms with van der Waals surface area (Å²) in [6.45, 7) is 9.48. The molecule has 1 aliphatic rings. The molecule has 2 heterocycles. The SMILES string of the molecule is C=CCCCC(=O)NS(=O)(=O)c1ccc2c(c1)N(Cc1cnn(CC=C)c1)CCCCc1cc(Cl)ccc1CO2. The van der Waals surface area contributed by atoms with Crippen molar-refractivity contribution in [2.75, 3.05) is 11.4 Å². The predicted octanol–water partition coefficient (Wildman–Crippen LogP) is 5.81. The van der Waals surface area contributed by atoms with Gasteiger partial charge in [0.25, 0.3) is 10.0 Å². The summed E-state index contributed by atoms with van der Waals surface area (Å²) in [5, 5.41) is 5.09. The van der Waals surface area contributed by atoms with E-state index < -0.39 is 15.9 Å². The maximum atomic E-state index is 13.2. The maximum absolute atomic E-state index is 13.2. The number of amides is 1. The monoisotopic (exact) mass is 582 g/mol. The van der Waals surface area contributed by atoms with E-state index in [1.54, 1.807) is 35.2 Å². The van der Waals surface area contributed by atoms with Crippen LogP contribution in [-0.2, 0) is 40.9 Å². The highest BCUT2D eigenvalue weighted by molar-refractivity contribution is 7.90. The van der Waals surface area contributed by atoms with E-state index in [0.717, 1.165) is 36.0 Å². The maximum Gasteiger partial charge on any atom is 0.264 e. The lowest BCUT2D eigenvalue weighted by atomic mass is 10.0. The number of benzene rings is 2. The molecule has 1 aromatic heterocycles. The summed E-state index contributed by atoms with van der Waals surface area (Å²) >= 11 is 6.27. The summed E-state index contributed by atoms with van der Waals surface area (Å²) in [7, 11) is -4.08. The first-order valence-corrected chi connectivity index (χ1v) is 15.2. The number of nitrogens with zero attached hydrogens (tertiary/aromatic N) is 3.